The molecule has 0 saturated heterocycles. The molecular weight excluding hydrogens is 304 g/mol. The number of hydrogen-bond acceptors (Lipinski definition) is 5. The van der Waals surface area contributed by atoms with Crippen molar-refractivity contribution in [2.24, 2.45) is 0 Å². The number of nitrogens with one attached hydrogen (secondary N) is 1. The molecule has 0 aliphatic carbocycles. The van der Waals surface area contributed by atoms with E-state index in [9.17, 15) is 8.42 Å². The van der Waals surface area contributed by atoms with Crippen molar-refractivity contribution in [3.63, 3.8) is 0 Å². The summed E-state index contributed by atoms with van der Waals surface area (Å²) in [7, 11) is -0.894. The van der Waals surface area contributed by atoms with Gasteiger partial charge in [-0.25, -0.2) is 8.42 Å². The molecule has 0 bridgehead atoms. The Bertz CT molecular complexity index is 808. The van der Waals surface area contributed by atoms with Crippen molar-refractivity contribution < 1.29 is 17.9 Å². The Morgan fingerprint density at radius 1 is 1.05 bits per heavy atom. The highest BCUT2D eigenvalue weighted by molar-refractivity contribution is 7.92. The van der Waals surface area contributed by atoms with Crippen LogP contribution in [0.25, 0.3) is 0 Å². The number of sulfonamides is 1. The summed E-state index contributed by atoms with van der Waals surface area (Å²) in [6, 6.07) is 12.4. The third-order valence-corrected chi connectivity index (χ3v) is 4.32. The van der Waals surface area contributed by atoms with E-state index in [0.29, 0.717) is 17.1 Å². The molecule has 0 aliphatic rings. The van der Waals surface area contributed by atoms with E-state index in [0.717, 1.165) is 0 Å². The molecule has 0 saturated carbocycles. The van der Waals surface area contributed by atoms with Crippen molar-refractivity contribution in [2.45, 2.75) is 4.90 Å². The summed E-state index contributed by atoms with van der Waals surface area (Å²) in [5, 5.41) is 8.75. The number of ether oxygens (including phenoxy) is 2. The van der Waals surface area contributed by atoms with Gasteiger partial charge in [0, 0.05) is 0 Å². The van der Waals surface area contributed by atoms with Gasteiger partial charge < -0.3 is 9.47 Å². The van der Waals surface area contributed by atoms with Crippen LogP contribution in [0, 0.1) is 11.3 Å². The minimum absolute atomic E-state index is 0.0522. The van der Waals surface area contributed by atoms with Gasteiger partial charge in [-0.15, -0.1) is 0 Å². The molecule has 2 aromatic rings. The van der Waals surface area contributed by atoms with Crippen LogP contribution >= 0.6 is 0 Å². The Hall–Kier alpha value is -2.72. The molecule has 0 aromatic heterocycles. The number of nitrogens with zero attached hydrogens (tertiary/aromatic N) is 1. The second-order valence-corrected chi connectivity index (χ2v) is 5.97. The molecule has 7 heteroatoms. The van der Waals surface area contributed by atoms with Gasteiger partial charge in [0.05, 0.1) is 36.4 Å². The maximum atomic E-state index is 12.4. The van der Waals surface area contributed by atoms with Crippen LogP contribution in [0.15, 0.2) is 47.4 Å². The van der Waals surface area contributed by atoms with Gasteiger partial charge >= 0.3 is 0 Å². The van der Waals surface area contributed by atoms with Gasteiger partial charge in [-0.05, 0) is 36.4 Å². The predicted octanol–water partition coefficient (Wildman–Crippen LogP) is 2.38. The molecule has 0 unspecified atom stereocenters. The fourth-order valence-corrected chi connectivity index (χ4v) is 2.94. The van der Waals surface area contributed by atoms with Crippen molar-refractivity contribution in [3.05, 3.63) is 48.0 Å². The smallest absolute Gasteiger partial charge is 0.262 e. The Morgan fingerprint density at radius 2 is 1.73 bits per heavy atom. The molecule has 2 rings (SSSR count). The third-order valence-electron chi connectivity index (χ3n) is 2.94. The minimum Gasteiger partial charge on any atom is -0.493 e. The first-order valence-corrected chi connectivity index (χ1v) is 7.74. The zero-order chi connectivity index (χ0) is 16.2. The lowest BCUT2D eigenvalue weighted by Crippen LogP contribution is -2.13. The van der Waals surface area contributed by atoms with E-state index in [1.165, 1.54) is 38.5 Å². The number of benzene rings is 2. The third kappa shape index (κ3) is 3.13. The topological polar surface area (TPSA) is 88.4 Å². The molecule has 2 aromatic carbocycles. The van der Waals surface area contributed by atoms with Crippen LogP contribution in [-0.2, 0) is 10.0 Å². The Labute approximate surface area is 129 Å². The van der Waals surface area contributed by atoms with E-state index in [4.69, 9.17) is 14.7 Å². The lowest BCUT2D eigenvalue weighted by atomic mass is 10.2. The molecule has 0 atom stereocenters. The largest absolute Gasteiger partial charge is 0.493 e. The minimum atomic E-state index is -3.79. The Kier molecular flexibility index (Phi) is 4.53. The first-order chi connectivity index (χ1) is 10.5. The average Bonchev–Trinajstić information content (AvgIpc) is 2.54. The van der Waals surface area contributed by atoms with Gasteiger partial charge in [0.2, 0.25) is 0 Å². The van der Waals surface area contributed by atoms with Crippen LogP contribution in [0.2, 0.25) is 0 Å². The number of hydrogen-bond donors (Lipinski definition) is 1. The van der Waals surface area contributed by atoms with Crippen molar-refractivity contribution in [1.29, 1.82) is 5.26 Å². The summed E-state index contributed by atoms with van der Waals surface area (Å²) < 4.78 is 37.5. The SMILES string of the molecule is COc1cccc(NS(=O)(=O)c2ccc(C#N)cc2)c1OC. The maximum Gasteiger partial charge on any atom is 0.262 e. The Morgan fingerprint density at radius 3 is 2.27 bits per heavy atom. The fraction of sp³-hybridized carbons (Fsp3) is 0.133. The number of rotatable bonds is 5. The van der Waals surface area contributed by atoms with Gasteiger partial charge in [-0.3, -0.25) is 4.72 Å². The highest BCUT2D eigenvalue weighted by atomic mass is 32.2. The lowest BCUT2D eigenvalue weighted by Gasteiger charge is -2.14. The summed E-state index contributed by atoms with van der Waals surface area (Å²) in [6.45, 7) is 0. The molecule has 1 N–H and O–H groups in total. The van der Waals surface area contributed by atoms with Crippen molar-refractivity contribution in [2.75, 3.05) is 18.9 Å². The first kappa shape index (κ1) is 15.7. The van der Waals surface area contributed by atoms with E-state index < -0.39 is 10.0 Å². The molecule has 114 valence electrons. The standard InChI is InChI=1S/C15H14N2O4S/c1-20-14-5-3-4-13(15(14)21-2)17-22(18,19)12-8-6-11(10-16)7-9-12/h3-9,17H,1-2H3. The monoisotopic (exact) mass is 318 g/mol. The molecule has 0 radical (unpaired) electrons. The van der Waals surface area contributed by atoms with E-state index in [1.54, 1.807) is 18.2 Å². The average molecular weight is 318 g/mol. The normalized spacial score (nSPS) is 10.6. The predicted molar refractivity (Wildman–Crippen MR) is 81.5 cm³/mol. The second kappa shape index (κ2) is 6.37. The van der Waals surface area contributed by atoms with Gasteiger partial charge in [-0.2, -0.15) is 5.26 Å². The fourth-order valence-electron chi connectivity index (χ4n) is 1.88. The summed E-state index contributed by atoms with van der Waals surface area (Å²) in [5.74, 6) is 0.713. The number of methoxy groups -OCH3 is 2. The lowest BCUT2D eigenvalue weighted by molar-refractivity contribution is 0.356. The van der Waals surface area contributed by atoms with Crippen LogP contribution in [0.1, 0.15) is 5.56 Å². The van der Waals surface area contributed by atoms with Crippen LogP contribution in [0.4, 0.5) is 5.69 Å². The molecular formula is C15H14N2O4S. The Balaban J connectivity index is 2.38. The number of para-hydroxylation sites is 1. The number of nitriles is 1. The second-order valence-electron chi connectivity index (χ2n) is 4.28. The summed E-state index contributed by atoms with van der Waals surface area (Å²) in [6.07, 6.45) is 0. The van der Waals surface area contributed by atoms with E-state index >= 15 is 0 Å². The molecule has 0 aliphatic heterocycles. The van der Waals surface area contributed by atoms with Gasteiger partial charge in [-0.1, -0.05) is 6.07 Å². The van der Waals surface area contributed by atoms with Crippen LogP contribution < -0.4 is 14.2 Å². The summed E-state index contributed by atoms with van der Waals surface area (Å²) in [4.78, 5) is 0.0522. The van der Waals surface area contributed by atoms with E-state index in [1.807, 2.05) is 6.07 Å². The molecule has 0 amide bonds. The number of anilines is 1. The zero-order valence-electron chi connectivity index (χ0n) is 12.0. The van der Waals surface area contributed by atoms with E-state index in [2.05, 4.69) is 4.72 Å². The molecule has 0 heterocycles. The van der Waals surface area contributed by atoms with Gasteiger partial charge in [0.1, 0.15) is 0 Å². The molecule has 0 fully saturated rings. The molecule has 22 heavy (non-hydrogen) atoms. The van der Waals surface area contributed by atoms with E-state index in [-0.39, 0.29) is 10.6 Å². The van der Waals surface area contributed by atoms with Gasteiger partial charge in [0.15, 0.2) is 11.5 Å². The first-order valence-electron chi connectivity index (χ1n) is 6.26. The van der Waals surface area contributed by atoms with Crippen molar-refractivity contribution >= 4 is 15.7 Å². The van der Waals surface area contributed by atoms with Gasteiger partial charge in [0.25, 0.3) is 10.0 Å². The van der Waals surface area contributed by atoms with Crippen LogP contribution in [-0.4, -0.2) is 22.6 Å². The maximum absolute atomic E-state index is 12.4. The van der Waals surface area contributed by atoms with Crippen LogP contribution in [0.5, 0.6) is 11.5 Å². The molecule has 0 spiro atoms. The molecule has 6 nitrogen and oxygen atoms in total. The highest BCUT2D eigenvalue weighted by Gasteiger charge is 2.18. The van der Waals surface area contributed by atoms with Crippen LogP contribution in [0.3, 0.4) is 0 Å². The summed E-state index contributed by atoms with van der Waals surface area (Å²) in [5.41, 5.74) is 0.657. The van der Waals surface area contributed by atoms with Crippen molar-refractivity contribution in [3.8, 4) is 17.6 Å². The quantitative estimate of drug-likeness (QED) is 0.914. The van der Waals surface area contributed by atoms with Crippen molar-refractivity contribution in [1.82, 2.24) is 0 Å². The highest BCUT2D eigenvalue weighted by Crippen LogP contribution is 2.35. The summed E-state index contributed by atoms with van der Waals surface area (Å²) >= 11 is 0. The zero-order valence-corrected chi connectivity index (χ0v) is 12.8.